The van der Waals surface area contributed by atoms with Crippen LogP contribution in [0.15, 0.2) is 48.7 Å². The molecule has 0 radical (unpaired) electrons. The zero-order valence-corrected chi connectivity index (χ0v) is 9.59. The summed E-state index contributed by atoms with van der Waals surface area (Å²) in [7, 11) is 0. The maximum Gasteiger partial charge on any atom is 0.146 e. The lowest BCUT2D eigenvalue weighted by molar-refractivity contribution is 1.17. The van der Waals surface area contributed by atoms with Gasteiger partial charge in [0.05, 0.1) is 11.7 Å². The Kier molecular flexibility index (Phi) is 2.11. The van der Waals surface area contributed by atoms with Gasteiger partial charge in [-0.05, 0) is 24.6 Å². The lowest BCUT2D eigenvalue weighted by atomic mass is 10.1. The average molecular weight is 223 g/mol. The van der Waals surface area contributed by atoms with Crippen molar-refractivity contribution in [3.63, 3.8) is 0 Å². The molecule has 0 saturated heterocycles. The van der Waals surface area contributed by atoms with E-state index in [1.807, 2.05) is 40.9 Å². The number of rotatable bonds is 1. The Morgan fingerprint density at radius 2 is 1.88 bits per heavy atom. The van der Waals surface area contributed by atoms with E-state index in [0.29, 0.717) is 5.82 Å². The van der Waals surface area contributed by atoms with Crippen LogP contribution >= 0.6 is 0 Å². The van der Waals surface area contributed by atoms with Crippen LogP contribution in [-0.2, 0) is 0 Å². The van der Waals surface area contributed by atoms with Crippen molar-refractivity contribution in [3.05, 3.63) is 54.2 Å². The summed E-state index contributed by atoms with van der Waals surface area (Å²) in [6.45, 7) is 2.08. The Hall–Kier alpha value is -2.29. The van der Waals surface area contributed by atoms with Crippen LogP contribution in [0.1, 0.15) is 5.56 Å². The van der Waals surface area contributed by atoms with Crippen molar-refractivity contribution >= 4 is 11.3 Å². The smallest absolute Gasteiger partial charge is 0.146 e. The van der Waals surface area contributed by atoms with E-state index in [0.717, 1.165) is 16.9 Å². The topological polar surface area (TPSA) is 43.3 Å². The van der Waals surface area contributed by atoms with Crippen LogP contribution in [-0.4, -0.2) is 9.38 Å². The van der Waals surface area contributed by atoms with Crippen molar-refractivity contribution in [3.8, 4) is 11.4 Å². The van der Waals surface area contributed by atoms with E-state index >= 15 is 0 Å². The Morgan fingerprint density at radius 1 is 1.06 bits per heavy atom. The second-order valence-electron chi connectivity index (χ2n) is 4.11. The monoisotopic (exact) mass is 223 g/mol. The zero-order chi connectivity index (χ0) is 11.8. The number of nitrogens with two attached hydrogens (primary N) is 1. The molecule has 0 unspecified atom stereocenters. The van der Waals surface area contributed by atoms with Crippen molar-refractivity contribution in [1.82, 2.24) is 9.38 Å². The molecule has 0 saturated carbocycles. The maximum absolute atomic E-state index is 6.01. The Balaban J connectivity index is 2.36. The standard InChI is InChI=1S/C14H13N3/c1-10-5-2-3-7-12(10)14-16-9-11-6-4-8-13(15)17(11)14/h2-9H,15H2,1H3. The molecule has 0 bridgehead atoms. The lowest BCUT2D eigenvalue weighted by Crippen LogP contribution is -1.98. The fraction of sp³-hybridized carbons (Fsp3) is 0.0714. The number of aromatic nitrogens is 2. The van der Waals surface area contributed by atoms with Gasteiger partial charge in [0.2, 0.25) is 0 Å². The Morgan fingerprint density at radius 3 is 2.71 bits per heavy atom. The van der Waals surface area contributed by atoms with Crippen LogP contribution in [0.25, 0.3) is 16.9 Å². The first-order valence-electron chi connectivity index (χ1n) is 5.55. The number of nitrogens with zero attached hydrogens (tertiary/aromatic N) is 2. The second kappa shape index (κ2) is 3.63. The molecule has 3 nitrogen and oxygen atoms in total. The van der Waals surface area contributed by atoms with Crippen LogP contribution in [0.2, 0.25) is 0 Å². The predicted molar refractivity (Wildman–Crippen MR) is 69.8 cm³/mol. The molecule has 2 N–H and O–H groups in total. The zero-order valence-electron chi connectivity index (χ0n) is 9.59. The number of imidazole rings is 1. The fourth-order valence-electron chi connectivity index (χ4n) is 2.09. The molecule has 3 aromatic rings. The summed E-state index contributed by atoms with van der Waals surface area (Å²) in [5.41, 5.74) is 9.34. The number of hydrogen-bond donors (Lipinski definition) is 1. The summed E-state index contributed by atoms with van der Waals surface area (Å²) < 4.78 is 1.97. The summed E-state index contributed by atoms with van der Waals surface area (Å²) in [5, 5.41) is 0. The molecular weight excluding hydrogens is 210 g/mol. The van der Waals surface area contributed by atoms with E-state index in [2.05, 4.69) is 24.0 Å². The minimum Gasteiger partial charge on any atom is -0.385 e. The molecule has 0 spiro atoms. The molecule has 0 aliphatic carbocycles. The maximum atomic E-state index is 6.01. The molecule has 0 amide bonds. The van der Waals surface area contributed by atoms with Gasteiger partial charge in [-0.25, -0.2) is 4.98 Å². The van der Waals surface area contributed by atoms with E-state index in [9.17, 15) is 0 Å². The van der Waals surface area contributed by atoms with Crippen molar-refractivity contribution in [2.75, 3.05) is 5.73 Å². The molecule has 2 aromatic heterocycles. The van der Waals surface area contributed by atoms with Gasteiger partial charge >= 0.3 is 0 Å². The highest BCUT2D eigenvalue weighted by molar-refractivity contribution is 5.68. The number of anilines is 1. The molecule has 84 valence electrons. The number of aryl methyl sites for hydroxylation is 1. The van der Waals surface area contributed by atoms with Crippen molar-refractivity contribution in [2.24, 2.45) is 0 Å². The number of hydrogen-bond acceptors (Lipinski definition) is 2. The van der Waals surface area contributed by atoms with E-state index in [1.165, 1.54) is 5.56 Å². The van der Waals surface area contributed by atoms with Crippen LogP contribution < -0.4 is 5.73 Å². The van der Waals surface area contributed by atoms with Gasteiger partial charge in [-0.15, -0.1) is 0 Å². The highest BCUT2D eigenvalue weighted by Crippen LogP contribution is 2.24. The van der Waals surface area contributed by atoms with Crippen LogP contribution in [0.5, 0.6) is 0 Å². The molecule has 2 heterocycles. The third-order valence-corrected chi connectivity index (χ3v) is 2.97. The minimum absolute atomic E-state index is 0.707. The summed E-state index contributed by atoms with van der Waals surface area (Å²) in [5.74, 6) is 1.61. The second-order valence-corrected chi connectivity index (χ2v) is 4.11. The Bertz CT molecular complexity index is 683. The summed E-state index contributed by atoms with van der Waals surface area (Å²) in [6.07, 6.45) is 1.85. The van der Waals surface area contributed by atoms with Gasteiger partial charge < -0.3 is 5.73 Å². The molecule has 0 atom stereocenters. The van der Waals surface area contributed by atoms with E-state index in [4.69, 9.17) is 5.73 Å². The third kappa shape index (κ3) is 1.47. The number of nitrogen functional groups attached to an aromatic ring is 1. The van der Waals surface area contributed by atoms with Crippen LogP contribution in [0.4, 0.5) is 5.82 Å². The summed E-state index contributed by atoms with van der Waals surface area (Å²) >= 11 is 0. The van der Waals surface area contributed by atoms with E-state index in [-0.39, 0.29) is 0 Å². The normalized spacial score (nSPS) is 10.9. The summed E-state index contributed by atoms with van der Waals surface area (Å²) in [6, 6.07) is 14.0. The van der Waals surface area contributed by atoms with Gasteiger partial charge in [0.15, 0.2) is 0 Å². The predicted octanol–water partition coefficient (Wildman–Crippen LogP) is 2.89. The van der Waals surface area contributed by atoms with E-state index in [1.54, 1.807) is 0 Å². The SMILES string of the molecule is Cc1ccccc1-c1ncc2cccc(N)n12. The molecular formula is C14H13N3. The van der Waals surface area contributed by atoms with Gasteiger partial charge in [0.25, 0.3) is 0 Å². The molecule has 0 aliphatic heterocycles. The van der Waals surface area contributed by atoms with Crippen LogP contribution in [0.3, 0.4) is 0 Å². The lowest BCUT2D eigenvalue weighted by Gasteiger charge is -2.07. The molecule has 1 aromatic carbocycles. The minimum atomic E-state index is 0.707. The van der Waals surface area contributed by atoms with Gasteiger partial charge in [-0.3, -0.25) is 4.40 Å². The van der Waals surface area contributed by atoms with Gasteiger partial charge in [-0.2, -0.15) is 0 Å². The van der Waals surface area contributed by atoms with Gasteiger partial charge in [-0.1, -0.05) is 30.3 Å². The fourth-order valence-corrected chi connectivity index (χ4v) is 2.09. The highest BCUT2D eigenvalue weighted by Gasteiger charge is 2.09. The number of pyridine rings is 1. The Labute approximate surface area is 99.5 Å². The van der Waals surface area contributed by atoms with E-state index < -0.39 is 0 Å². The first-order valence-corrected chi connectivity index (χ1v) is 5.55. The molecule has 3 rings (SSSR count). The van der Waals surface area contributed by atoms with Crippen molar-refractivity contribution in [2.45, 2.75) is 6.92 Å². The van der Waals surface area contributed by atoms with Crippen LogP contribution in [0, 0.1) is 6.92 Å². The molecule has 0 fully saturated rings. The van der Waals surface area contributed by atoms with Gasteiger partial charge in [0, 0.05) is 5.56 Å². The van der Waals surface area contributed by atoms with Crippen molar-refractivity contribution in [1.29, 1.82) is 0 Å². The first kappa shape index (κ1) is 9.90. The third-order valence-electron chi connectivity index (χ3n) is 2.97. The number of benzene rings is 1. The molecule has 17 heavy (non-hydrogen) atoms. The first-order chi connectivity index (χ1) is 8.27. The highest BCUT2D eigenvalue weighted by atomic mass is 15.1. The van der Waals surface area contributed by atoms with Gasteiger partial charge in [0.1, 0.15) is 11.6 Å². The quantitative estimate of drug-likeness (QED) is 0.689. The number of fused-ring (bicyclic) bond motifs is 1. The molecule has 0 aliphatic rings. The average Bonchev–Trinajstić information content (AvgIpc) is 2.75. The largest absolute Gasteiger partial charge is 0.385 e. The molecule has 3 heteroatoms. The summed E-state index contributed by atoms with van der Waals surface area (Å²) in [4.78, 5) is 4.47. The van der Waals surface area contributed by atoms with Crippen molar-refractivity contribution < 1.29 is 0 Å².